The van der Waals surface area contributed by atoms with E-state index in [1.165, 1.54) is 0 Å². The number of carbonyl (C=O) groups is 1. The van der Waals surface area contributed by atoms with E-state index in [0.717, 1.165) is 12.1 Å². The van der Waals surface area contributed by atoms with E-state index in [1.54, 1.807) is 18.7 Å². The van der Waals surface area contributed by atoms with Crippen molar-refractivity contribution in [1.29, 1.82) is 0 Å². The lowest BCUT2D eigenvalue weighted by molar-refractivity contribution is -0.138. The van der Waals surface area contributed by atoms with Gasteiger partial charge in [0.05, 0.1) is 12.0 Å². The molecule has 0 spiro atoms. The Morgan fingerprint density at radius 2 is 1.81 bits per heavy atom. The summed E-state index contributed by atoms with van der Waals surface area (Å²) in [7, 11) is 0. The quantitative estimate of drug-likeness (QED) is 0.815. The molecule has 0 radical (unpaired) electrons. The van der Waals surface area contributed by atoms with Gasteiger partial charge in [-0.05, 0) is 36.9 Å². The summed E-state index contributed by atoms with van der Waals surface area (Å²) in [6.07, 6.45) is -5.06. The summed E-state index contributed by atoms with van der Waals surface area (Å²) in [5.41, 5.74) is -1.09. The molecule has 0 aromatic heterocycles. The molecule has 0 saturated carbocycles. The van der Waals surface area contributed by atoms with Gasteiger partial charge in [0.15, 0.2) is 0 Å². The highest BCUT2D eigenvalue weighted by Gasteiger charge is 2.33. The molecule has 7 heteroatoms. The number of rotatable bonds is 6. The van der Waals surface area contributed by atoms with Crippen LogP contribution >= 0.6 is 0 Å². The first-order valence-electron chi connectivity index (χ1n) is 6.52. The predicted molar refractivity (Wildman–Crippen MR) is 69.3 cm³/mol. The number of nitrogens with zero attached hydrogens (tertiary/aromatic N) is 1. The van der Waals surface area contributed by atoms with Crippen molar-refractivity contribution in [2.75, 3.05) is 13.1 Å². The van der Waals surface area contributed by atoms with Crippen LogP contribution in [-0.2, 0) is 11.0 Å². The normalized spacial score (nSPS) is 13.5. The highest BCUT2D eigenvalue weighted by atomic mass is 19.4. The Kier molecular flexibility index (Phi) is 5.71. The summed E-state index contributed by atoms with van der Waals surface area (Å²) >= 11 is 0. The Hall–Kier alpha value is -1.63. The van der Waals surface area contributed by atoms with E-state index >= 15 is 0 Å². The summed E-state index contributed by atoms with van der Waals surface area (Å²) in [5.74, 6) is -2.17. The van der Waals surface area contributed by atoms with Gasteiger partial charge in [0, 0.05) is 6.04 Å². The molecule has 0 aliphatic carbocycles. The van der Waals surface area contributed by atoms with Crippen LogP contribution in [0.25, 0.3) is 0 Å². The van der Waals surface area contributed by atoms with Crippen molar-refractivity contribution < 1.29 is 27.5 Å². The molecule has 118 valence electrons. The molecule has 0 fully saturated rings. The number of halogens is 4. The average Bonchev–Trinajstić information content (AvgIpc) is 2.36. The zero-order chi connectivity index (χ0) is 16.2. The summed E-state index contributed by atoms with van der Waals surface area (Å²) in [5, 5.41) is 8.94. The SMILES string of the molecule is CCN(CC)C(CC(=O)O)c1cc(F)cc(C(F)(F)F)c1. The molecule has 1 N–H and O–H groups in total. The Morgan fingerprint density at radius 3 is 2.24 bits per heavy atom. The van der Waals surface area contributed by atoms with E-state index < -0.39 is 29.6 Å². The van der Waals surface area contributed by atoms with Crippen molar-refractivity contribution in [3.05, 3.63) is 35.1 Å². The summed E-state index contributed by atoms with van der Waals surface area (Å²) in [6.45, 7) is 4.43. The fourth-order valence-corrected chi connectivity index (χ4v) is 2.26. The Bertz CT molecular complexity index is 498. The molecular weight excluding hydrogens is 290 g/mol. The number of hydrogen-bond donors (Lipinski definition) is 1. The van der Waals surface area contributed by atoms with E-state index in [9.17, 15) is 22.4 Å². The third-order valence-corrected chi connectivity index (χ3v) is 3.25. The second-order valence-electron chi connectivity index (χ2n) is 4.61. The lowest BCUT2D eigenvalue weighted by Crippen LogP contribution is -2.30. The largest absolute Gasteiger partial charge is 0.481 e. The van der Waals surface area contributed by atoms with Gasteiger partial charge >= 0.3 is 12.1 Å². The monoisotopic (exact) mass is 307 g/mol. The first kappa shape index (κ1) is 17.4. The molecule has 1 atom stereocenters. The van der Waals surface area contributed by atoms with Gasteiger partial charge in [-0.15, -0.1) is 0 Å². The van der Waals surface area contributed by atoms with Crippen LogP contribution in [0.2, 0.25) is 0 Å². The molecule has 1 aromatic carbocycles. The van der Waals surface area contributed by atoms with E-state index in [2.05, 4.69) is 0 Å². The van der Waals surface area contributed by atoms with Crippen molar-refractivity contribution in [2.24, 2.45) is 0 Å². The van der Waals surface area contributed by atoms with Crippen LogP contribution in [0.5, 0.6) is 0 Å². The van der Waals surface area contributed by atoms with Gasteiger partial charge in [0.1, 0.15) is 5.82 Å². The van der Waals surface area contributed by atoms with Crippen LogP contribution in [0, 0.1) is 5.82 Å². The van der Waals surface area contributed by atoms with E-state index in [1.807, 2.05) is 0 Å². The van der Waals surface area contributed by atoms with Crippen molar-refractivity contribution in [3.63, 3.8) is 0 Å². The lowest BCUT2D eigenvalue weighted by atomic mass is 9.99. The van der Waals surface area contributed by atoms with Gasteiger partial charge in [0.25, 0.3) is 0 Å². The van der Waals surface area contributed by atoms with Gasteiger partial charge in [-0.3, -0.25) is 9.69 Å². The van der Waals surface area contributed by atoms with Gasteiger partial charge in [0.2, 0.25) is 0 Å². The zero-order valence-corrected chi connectivity index (χ0v) is 11.7. The fraction of sp³-hybridized carbons (Fsp3) is 0.500. The summed E-state index contributed by atoms with van der Waals surface area (Å²) in [4.78, 5) is 12.6. The van der Waals surface area contributed by atoms with Crippen LogP contribution in [0.4, 0.5) is 17.6 Å². The van der Waals surface area contributed by atoms with Crippen molar-refractivity contribution >= 4 is 5.97 Å². The second-order valence-corrected chi connectivity index (χ2v) is 4.61. The number of aliphatic carboxylic acids is 1. The molecule has 0 aliphatic rings. The molecular formula is C14H17F4NO2. The van der Waals surface area contributed by atoms with E-state index in [-0.39, 0.29) is 12.0 Å². The maximum absolute atomic E-state index is 13.5. The van der Waals surface area contributed by atoms with Crippen molar-refractivity contribution in [3.8, 4) is 0 Å². The third-order valence-electron chi connectivity index (χ3n) is 3.25. The number of benzene rings is 1. The molecule has 0 heterocycles. The molecule has 0 aliphatic heterocycles. The van der Waals surface area contributed by atoms with Crippen molar-refractivity contribution in [1.82, 2.24) is 4.90 Å². The van der Waals surface area contributed by atoms with Crippen LogP contribution in [0.3, 0.4) is 0 Å². The van der Waals surface area contributed by atoms with Crippen LogP contribution in [-0.4, -0.2) is 29.1 Å². The predicted octanol–water partition coefficient (Wildman–Crippen LogP) is 3.70. The molecule has 3 nitrogen and oxygen atoms in total. The lowest BCUT2D eigenvalue weighted by Gasteiger charge is -2.29. The standard InChI is InChI=1S/C14H17F4NO2/c1-3-19(4-2)12(8-13(20)21)9-5-10(14(16,17)18)7-11(15)6-9/h5-7,12H,3-4,8H2,1-2H3,(H,20,21). The molecule has 0 saturated heterocycles. The van der Waals surface area contributed by atoms with E-state index in [4.69, 9.17) is 5.11 Å². The van der Waals surface area contributed by atoms with Gasteiger partial charge < -0.3 is 5.11 Å². The zero-order valence-electron chi connectivity index (χ0n) is 11.7. The molecule has 1 unspecified atom stereocenters. The molecule has 21 heavy (non-hydrogen) atoms. The van der Waals surface area contributed by atoms with Crippen molar-refractivity contribution in [2.45, 2.75) is 32.5 Å². The average molecular weight is 307 g/mol. The minimum atomic E-state index is -4.67. The number of carboxylic acids is 1. The molecule has 0 bridgehead atoms. The fourth-order valence-electron chi connectivity index (χ4n) is 2.26. The van der Waals surface area contributed by atoms with Crippen LogP contribution in [0.15, 0.2) is 18.2 Å². The van der Waals surface area contributed by atoms with Gasteiger partial charge in [-0.2, -0.15) is 13.2 Å². The van der Waals surface area contributed by atoms with Gasteiger partial charge in [-0.25, -0.2) is 4.39 Å². The topological polar surface area (TPSA) is 40.5 Å². The minimum Gasteiger partial charge on any atom is -0.481 e. The maximum atomic E-state index is 13.5. The smallest absolute Gasteiger partial charge is 0.416 e. The van der Waals surface area contributed by atoms with Gasteiger partial charge in [-0.1, -0.05) is 13.8 Å². The molecule has 0 amide bonds. The first-order valence-corrected chi connectivity index (χ1v) is 6.52. The Morgan fingerprint density at radius 1 is 1.24 bits per heavy atom. The van der Waals surface area contributed by atoms with E-state index in [0.29, 0.717) is 19.2 Å². The second kappa shape index (κ2) is 6.89. The maximum Gasteiger partial charge on any atom is 0.416 e. The number of carboxylic acid groups (broad SMARTS) is 1. The summed E-state index contributed by atoms with van der Waals surface area (Å²) in [6, 6.07) is 1.38. The number of alkyl halides is 3. The molecule has 1 rings (SSSR count). The summed E-state index contributed by atoms with van der Waals surface area (Å²) < 4.78 is 51.7. The third kappa shape index (κ3) is 4.70. The Balaban J connectivity index is 3.29. The minimum absolute atomic E-state index is 0.0217. The Labute approximate surface area is 120 Å². The molecule has 1 aromatic rings. The highest BCUT2D eigenvalue weighted by molar-refractivity contribution is 5.68. The number of hydrogen-bond acceptors (Lipinski definition) is 2. The highest BCUT2D eigenvalue weighted by Crippen LogP contribution is 2.33. The first-order chi connectivity index (χ1) is 9.68. The van der Waals surface area contributed by atoms with Crippen LogP contribution in [0.1, 0.15) is 37.4 Å². The van der Waals surface area contributed by atoms with Crippen LogP contribution < -0.4 is 0 Å².